The fourth-order valence-electron chi connectivity index (χ4n) is 1.42. The minimum atomic E-state index is -0.0891. The number of nitrogens with one attached hydrogen (secondary N) is 1. The average molecular weight is 172 g/mol. The van der Waals surface area contributed by atoms with Crippen molar-refractivity contribution >= 4 is 5.91 Å². The number of rotatable bonds is 2. The van der Waals surface area contributed by atoms with Crippen molar-refractivity contribution in [3.05, 3.63) is 0 Å². The van der Waals surface area contributed by atoms with Gasteiger partial charge in [0.2, 0.25) is 5.91 Å². The van der Waals surface area contributed by atoms with E-state index in [1.807, 2.05) is 0 Å². The molecular weight excluding hydrogens is 156 g/mol. The molecule has 0 aliphatic carbocycles. The van der Waals surface area contributed by atoms with Gasteiger partial charge in [-0.3, -0.25) is 9.69 Å². The molecule has 1 atom stereocenters. The van der Waals surface area contributed by atoms with E-state index in [2.05, 4.69) is 17.1 Å². The van der Waals surface area contributed by atoms with Gasteiger partial charge in [-0.25, -0.2) is 0 Å². The van der Waals surface area contributed by atoms with Gasteiger partial charge in [-0.1, -0.05) is 6.92 Å². The Labute approximate surface area is 72.9 Å². The summed E-state index contributed by atoms with van der Waals surface area (Å²) in [5.41, 5.74) is 0. The molecule has 0 aromatic heterocycles. The number of carbonyl (C=O) groups is 1. The summed E-state index contributed by atoms with van der Waals surface area (Å²) < 4.78 is 5.23. The van der Waals surface area contributed by atoms with Crippen LogP contribution >= 0.6 is 0 Å². The smallest absolute Gasteiger partial charge is 0.239 e. The molecule has 1 aliphatic rings. The fraction of sp³-hybridized carbons (Fsp3) is 0.875. The molecule has 4 heteroatoms. The second kappa shape index (κ2) is 4.42. The molecule has 1 amide bonds. The van der Waals surface area contributed by atoms with Crippen LogP contribution in [-0.2, 0) is 9.53 Å². The first kappa shape index (κ1) is 9.48. The van der Waals surface area contributed by atoms with Crippen LogP contribution in [-0.4, -0.2) is 50.2 Å². The molecule has 0 saturated carbocycles. The quantitative estimate of drug-likeness (QED) is 0.608. The van der Waals surface area contributed by atoms with Gasteiger partial charge in [0.15, 0.2) is 0 Å². The molecule has 1 N–H and O–H groups in total. The van der Waals surface area contributed by atoms with Crippen molar-refractivity contribution in [2.45, 2.75) is 13.0 Å². The molecule has 1 heterocycles. The topological polar surface area (TPSA) is 41.6 Å². The van der Waals surface area contributed by atoms with E-state index in [0.717, 1.165) is 19.7 Å². The van der Waals surface area contributed by atoms with E-state index in [1.54, 1.807) is 7.05 Å². The number of carbonyl (C=O) groups excluding carboxylic acids is 1. The number of ether oxygens (including phenoxy) is 1. The van der Waals surface area contributed by atoms with Crippen LogP contribution in [0.25, 0.3) is 0 Å². The normalized spacial score (nSPS) is 25.3. The number of amides is 1. The lowest BCUT2D eigenvalue weighted by Gasteiger charge is -2.33. The first-order chi connectivity index (χ1) is 5.79. The molecule has 12 heavy (non-hydrogen) atoms. The van der Waals surface area contributed by atoms with Crippen LogP contribution in [0.5, 0.6) is 0 Å². The van der Waals surface area contributed by atoms with Gasteiger partial charge in [0, 0.05) is 13.6 Å². The third-order valence-electron chi connectivity index (χ3n) is 2.19. The average Bonchev–Trinajstić information content (AvgIpc) is 2.16. The van der Waals surface area contributed by atoms with Gasteiger partial charge in [0.25, 0.3) is 0 Å². The van der Waals surface area contributed by atoms with Crippen LogP contribution in [0.1, 0.15) is 6.92 Å². The maximum Gasteiger partial charge on any atom is 0.239 e. The van der Waals surface area contributed by atoms with E-state index in [1.165, 1.54) is 0 Å². The van der Waals surface area contributed by atoms with E-state index in [-0.39, 0.29) is 11.9 Å². The summed E-state index contributed by atoms with van der Waals surface area (Å²) in [6.07, 6.45) is 0. The first-order valence-electron chi connectivity index (χ1n) is 4.33. The summed E-state index contributed by atoms with van der Waals surface area (Å²) >= 11 is 0. The maximum absolute atomic E-state index is 11.3. The molecular formula is C8H16N2O2. The lowest BCUT2D eigenvalue weighted by atomic mass is 10.2. The maximum atomic E-state index is 11.3. The second-order valence-electron chi connectivity index (χ2n) is 2.83. The van der Waals surface area contributed by atoms with Crippen LogP contribution in [0.2, 0.25) is 0 Å². The van der Waals surface area contributed by atoms with Crippen LogP contribution in [0, 0.1) is 0 Å². The number of nitrogens with zero attached hydrogens (tertiary/aromatic N) is 1. The predicted molar refractivity (Wildman–Crippen MR) is 45.9 cm³/mol. The monoisotopic (exact) mass is 172 g/mol. The highest BCUT2D eigenvalue weighted by Crippen LogP contribution is 2.05. The van der Waals surface area contributed by atoms with Crippen molar-refractivity contribution in [1.29, 1.82) is 0 Å². The number of likely N-dealkylation sites (N-methyl/N-ethyl adjacent to an activating group) is 2. The van der Waals surface area contributed by atoms with Gasteiger partial charge >= 0.3 is 0 Å². The summed E-state index contributed by atoms with van der Waals surface area (Å²) in [6.45, 7) is 5.08. The summed E-state index contributed by atoms with van der Waals surface area (Å²) in [7, 11) is 1.66. The third-order valence-corrected chi connectivity index (χ3v) is 2.19. The Bertz CT molecular complexity index is 161. The van der Waals surface area contributed by atoms with Crippen molar-refractivity contribution < 1.29 is 9.53 Å². The van der Waals surface area contributed by atoms with Crippen LogP contribution in [0.4, 0.5) is 0 Å². The number of morpholine rings is 1. The zero-order valence-electron chi connectivity index (χ0n) is 7.67. The molecule has 0 aromatic rings. The fourth-order valence-corrected chi connectivity index (χ4v) is 1.42. The highest BCUT2D eigenvalue weighted by Gasteiger charge is 2.26. The Morgan fingerprint density at radius 3 is 3.08 bits per heavy atom. The Balaban J connectivity index is 2.52. The molecule has 1 saturated heterocycles. The second-order valence-corrected chi connectivity index (χ2v) is 2.83. The molecule has 0 bridgehead atoms. The lowest BCUT2D eigenvalue weighted by molar-refractivity contribution is -0.131. The van der Waals surface area contributed by atoms with E-state index in [9.17, 15) is 4.79 Å². The van der Waals surface area contributed by atoms with E-state index in [0.29, 0.717) is 6.61 Å². The highest BCUT2D eigenvalue weighted by molar-refractivity contribution is 5.81. The van der Waals surface area contributed by atoms with Gasteiger partial charge in [-0.2, -0.15) is 0 Å². The van der Waals surface area contributed by atoms with Crippen molar-refractivity contribution in [1.82, 2.24) is 10.2 Å². The van der Waals surface area contributed by atoms with Crippen molar-refractivity contribution in [3.8, 4) is 0 Å². The molecule has 0 aromatic carbocycles. The molecule has 0 spiro atoms. The molecule has 1 aliphatic heterocycles. The summed E-state index contributed by atoms with van der Waals surface area (Å²) in [6, 6.07) is -0.0891. The summed E-state index contributed by atoms with van der Waals surface area (Å²) in [4.78, 5) is 13.4. The summed E-state index contributed by atoms with van der Waals surface area (Å²) in [5.74, 6) is 0.0524. The largest absolute Gasteiger partial charge is 0.378 e. The zero-order chi connectivity index (χ0) is 8.97. The molecule has 0 radical (unpaired) electrons. The third kappa shape index (κ3) is 1.95. The molecule has 1 fully saturated rings. The minimum Gasteiger partial charge on any atom is -0.378 e. The Kier molecular flexibility index (Phi) is 3.49. The van der Waals surface area contributed by atoms with Gasteiger partial charge in [0.1, 0.15) is 6.04 Å². The molecule has 1 rings (SSSR count). The van der Waals surface area contributed by atoms with Crippen LogP contribution in [0.15, 0.2) is 0 Å². The van der Waals surface area contributed by atoms with Gasteiger partial charge in [-0.05, 0) is 6.54 Å². The van der Waals surface area contributed by atoms with Crippen LogP contribution in [0.3, 0.4) is 0 Å². The highest BCUT2D eigenvalue weighted by atomic mass is 16.5. The lowest BCUT2D eigenvalue weighted by Crippen LogP contribution is -2.52. The van der Waals surface area contributed by atoms with Crippen LogP contribution < -0.4 is 5.32 Å². The molecule has 0 unspecified atom stereocenters. The minimum absolute atomic E-state index is 0.0524. The summed E-state index contributed by atoms with van der Waals surface area (Å²) in [5, 5.41) is 2.64. The molecule has 70 valence electrons. The van der Waals surface area contributed by atoms with Crippen molar-refractivity contribution in [2.75, 3.05) is 33.4 Å². The van der Waals surface area contributed by atoms with Gasteiger partial charge < -0.3 is 10.1 Å². The van der Waals surface area contributed by atoms with Gasteiger partial charge in [0.05, 0.1) is 13.2 Å². The van der Waals surface area contributed by atoms with E-state index in [4.69, 9.17) is 4.74 Å². The van der Waals surface area contributed by atoms with Gasteiger partial charge in [-0.15, -0.1) is 0 Å². The van der Waals surface area contributed by atoms with E-state index < -0.39 is 0 Å². The van der Waals surface area contributed by atoms with Crippen molar-refractivity contribution in [3.63, 3.8) is 0 Å². The first-order valence-corrected chi connectivity index (χ1v) is 4.33. The SMILES string of the molecule is CCN1CCOC[C@@H]1C(=O)NC. The number of hydrogen-bond acceptors (Lipinski definition) is 3. The Hall–Kier alpha value is -0.610. The molecule has 4 nitrogen and oxygen atoms in total. The van der Waals surface area contributed by atoms with E-state index >= 15 is 0 Å². The predicted octanol–water partition coefficient (Wildman–Crippen LogP) is -0.547. The number of hydrogen-bond donors (Lipinski definition) is 1. The Morgan fingerprint density at radius 2 is 2.50 bits per heavy atom. The van der Waals surface area contributed by atoms with Crippen molar-refractivity contribution in [2.24, 2.45) is 0 Å². The zero-order valence-corrected chi connectivity index (χ0v) is 7.67. The Morgan fingerprint density at radius 1 is 1.75 bits per heavy atom. The standard InChI is InChI=1S/C8H16N2O2/c1-3-10-4-5-12-6-7(10)8(11)9-2/h7H,3-6H2,1-2H3,(H,9,11)/t7-/m1/s1.